The largest absolute Gasteiger partial charge is 0.355 e. The average Bonchev–Trinajstić information content (AvgIpc) is 2.70. The third kappa shape index (κ3) is 3.71. The number of carbonyl (C=O) groups excluding carboxylic acids is 1. The monoisotopic (exact) mass is 384 g/mol. The Morgan fingerprint density at radius 1 is 1.04 bits per heavy atom. The third-order valence-electron chi connectivity index (χ3n) is 4.60. The van der Waals surface area contributed by atoms with Crippen LogP contribution >= 0.6 is 11.6 Å². The number of para-hydroxylation sites is 2. The summed E-state index contributed by atoms with van der Waals surface area (Å²) in [4.78, 5) is 24.3. The number of piperidine rings is 1. The van der Waals surface area contributed by atoms with Gasteiger partial charge in [-0.25, -0.2) is 14.4 Å². The number of aromatic nitrogens is 2. The summed E-state index contributed by atoms with van der Waals surface area (Å²) in [5.74, 6) is -0.343. The number of nitrogens with zero attached hydrogens (tertiary/aromatic N) is 3. The number of nitrogens with one attached hydrogen (secondary N) is 1. The second kappa shape index (κ2) is 7.48. The molecule has 0 atom stereocenters. The van der Waals surface area contributed by atoms with E-state index in [-0.39, 0.29) is 10.7 Å². The van der Waals surface area contributed by atoms with Crippen LogP contribution in [0.1, 0.15) is 29.8 Å². The van der Waals surface area contributed by atoms with Gasteiger partial charge in [-0.2, -0.15) is 0 Å². The lowest BCUT2D eigenvalue weighted by Gasteiger charge is -2.29. The molecule has 1 amide bonds. The lowest BCUT2D eigenvalue weighted by molar-refractivity contribution is 0.102. The van der Waals surface area contributed by atoms with E-state index in [2.05, 4.69) is 15.2 Å². The van der Waals surface area contributed by atoms with Gasteiger partial charge < -0.3 is 10.2 Å². The molecule has 1 fully saturated rings. The fourth-order valence-corrected chi connectivity index (χ4v) is 3.41. The van der Waals surface area contributed by atoms with Crippen molar-refractivity contribution in [3.63, 3.8) is 0 Å². The van der Waals surface area contributed by atoms with Crippen LogP contribution in [0.2, 0.25) is 5.02 Å². The van der Waals surface area contributed by atoms with Gasteiger partial charge in [0.05, 0.1) is 16.1 Å². The number of carbonyl (C=O) groups is 1. The zero-order valence-electron chi connectivity index (χ0n) is 14.6. The van der Waals surface area contributed by atoms with Gasteiger partial charge in [0.2, 0.25) is 0 Å². The molecule has 1 aliphatic heterocycles. The van der Waals surface area contributed by atoms with Gasteiger partial charge in [0, 0.05) is 18.8 Å². The number of hydrogen-bond acceptors (Lipinski definition) is 4. The van der Waals surface area contributed by atoms with E-state index in [1.54, 1.807) is 0 Å². The highest BCUT2D eigenvalue weighted by Crippen LogP contribution is 2.25. The molecule has 0 unspecified atom stereocenters. The minimum Gasteiger partial charge on any atom is -0.355 e. The molecule has 0 saturated carbocycles. The molecule has 1 N–H and O–H groups in total. The predicted octanol–water partition coefficient (Wildman–Crippen LogP) is 4.66. The van der Waals surface area contributed by atoms with E-state index in [0.717, 1.165) is 31.4 Å². The summed E-state index contributed by atoms with van der Waals surface area (Å²) in [6.45, 7) is 1.69. The van der Waals surface area contributed by atoms with Crippen LogP contribution in [-0.2, 0) is 0 Å². The summed E-state index contributed by atoms with van der Waals surface area (Å²) in [5.41, 5.74) is 2.07. The molecule has 1 saturated heterocycles. The summed E-state index contributed by atoms with van der Waals surface area (Å²) >= 11 is 5.81. The molecule has 1 aliphatic rings. The topological polar surface area (TPSA) is 58.1 Å². The Labute approximate surface area is 161 Å². The van der Waals surface area contributed by atoms with Crippen LogP contribution in [0.15, 0.2) is 42.5 Å². The number of halogens is 2. The van der Waals surface area contributed by atoms with Gasteiger partial charge in [-0.05, 0) is 49.6 Å². The fourth-order valence-electron chi connectivity index (χ4n) is 3.23. The second-order valence-corrected chi connectivity index (χ2v) is 6.92. The second-order valence-electron chi connectivity index (χ2n) is 6.52. The van der Waals surface area contributed by atoms with Gasteiger partial charge in [0.15, 0.2) is 11.5 Å². The molecule has 5 nitrogen and oxygen atoms in total. The summed E-state index contributed by atoms with van der Waals surface area (Å²) in [5, 5.41) is 2.70. The average molecular weight is 385 g/mol. The van der Waals surface area contributed by atoms with Crippen LogP contribution in [-0.4, -0.2) is 29.0 Å². The van der Waals surface area contributed by atoms with E-state index in [1.807, 2.05) is 24.3 Å². The first kappa shape index (κ1) is 17.7. The van der Waals surface area contributed by atoms with Crippen LogP contribution in [0.5, 0.6) is 0 Å². The van der Waals surface area contributed by atoms with E-state index in [4.69, 9.17) is 16.6 Å². The highest BCUT2D eigenvalue weighted by atomic mass is 35.5. The zero-order chi connectivity index (χ0) is 18.8. The molecule has 0 aliphatic carbocycles. The molecular weight excluding hydrogens is 367 g/mol. The van der Waals surface area contributed by atoms with E-state index >= 15 is 0 Å². The van der Waals surface area contributed by atoms with E-state index < -0.39 is 11.7 Å². The van der Waals surface area contributed by atoms with Crippen molar-refractivity contribution < 1.29 is 9.18 Å². The van der Waals surface area contributed by atoms with Gasteiger partial charge in [0.25, 0.3) is 5.91 Å². The number of anilines is 2. The maximum Gasteiger partial charge on any atom is 0.278 e. The van der Waals surface area contributed by atoms with Crippen molar-refractivity contribution in [1.29, 1.82) is 0 Å². The highest BCUT2D eigenvalue weighted by Gasteiger charge is 2.23. The van der Waals surface area contributed by atoms with Crippen molar-refractivity contribution in [2.45, 2.75) is 19.3 Å². The van der Waals surface area contributed by atoms with Crippen molar-refractivity contribution in [3.05, 3.63) is 59.0 Å². The summed E-state index contributed by atoms with van der Waals surface area (Å²) in [6.07, 6.45) is 3.29. The molecule has 4 rings (SSSR count). The Hall–Kier alpha value is -2.73. The quantitative estimate of drug-likeness (QED) is 0.713. The molecule has 0 bridgehead atoms. The number of amides is 1. The number of hydrogen-bond donors (Lipinski definition) is 1. The predicted molar refractivity (Wildman–Crippen MR) is 105 cm³/mol. The van der Waals surface area contributed by atoms with Crippen molar-refractivity contribution in [2.75, 3.05) is 23.3 Å². The van der Waals surface area contributed by atoms with E-state index in [1.165, 1.54) is 24.6 Å². The number of fused-ring (bicyclic) bond motifs is 1. The first-order valence-corrected chi connectivity index (χ1v) is 9.28. The van der Waals surface area contributed by atoms with Gasteiger partial charge >= 0.3 is 0 Å². The lowest BCUT2D eigenvalue weighted by atomic mass is 10.1. The zero-order valence-corrected chi connectivity index (χ0v) is 15.3. The molecule has 7 heteroatoms. The van der Waals surface area contributed by atoms with Crippen LogP contribution in [0, 0.1) is 5.82 Å². The number of benzene rings is 2. The van der Waals surface area contributed by atoms with E-state index in [0.29, 0.717) is 17.0 Å². The first-order valence-electron chi connectivity index (χ1n) is 8.90. The normalized spacial score (nSPS) is 14.4. The molecule has 27 heavy (non-hydrogen) atoms. The van der Waals surface area contributed by atoms with Gasteiger partial charge in [-0.15, -0.1) is 0 Å². The number of rotatable bonds is 3. The molecule has 2 heterocycles. The Bertz CT molecular complexity index is 1000. The minimum absolute atomic E-state index is 0.0475. The van der Waals surface area contributed by atoms with Crippen LogP contribution in [0.3, 0.4) is 0 Å². The van der Waals surface area contributed by atoms with Crippen molar-refractivity contribution in [3.8, 4) is 0 Å². The molecule has 0 spiro atoms. The van der Waals surface area contributed by atoms with Crippen LogP contribution < -0.4 is 10.2 Å². The van der Waals surface area contributed by atoms with Gasteiger partial charge in [-0.1, -0.05) is 23.7 Å². The molecule has 1 aromatic heterocycles. The smallest absolute Gasteiger partial charge is 0.278 e. The van der Waals surface area contributed by atoms with E-state index in [9.17, 15) is 9.18 Å². The lowest BCUT2D eigenvalue weighted by Crippen LogP contribution is -2.33. The maximum absolute atomic E-state index is 13.4. The SMILES string of the molecule is O=C(Nc1ccc(F)c(Cl)c1)c1nc2ccccc2nc1N1CCCCC1. The van der Waals surface area contributed by atoms with Crippen LogP contribution in [0.25, 0.3) is 11.0 Å². The van der Waals surface area contributed by atoms with Crippen molar-refractivity contribution in [2.24, 2.45) is 0 Å². The van der Waals surface area contributed by atoms with Gasteiger partial charge in [-0.3, -0.25) is 4.79 Å². The maximum atomic E-state index is 13.4. The summed E-state index contributed by atoms with van der Waals surface area (Å²) in [7, 11) is 0. The Kier molecular flexibility index (Phi) is 4.90. The Morgan fingerprint density at radius 2 is 1.74 bits per heavy atom. The Balaban J connectivity index is 1.73. The molecule has 0 radical (unpaired) electrons. The molecule has 138 valence electrons. The molecular formula is C20H18ClFN4O. The Morgan fingerprint density at radius 3 is 2.44 bits per heavy atom. The summed E-state index contributed by atoms with van der Waals surface area (Å²) in [6, 6.07) is 11.5. The summed E-state index contributed by atoms with van der Waals surface area (Å²) < 4.78 is 13.4. The van der Waals surface area contributed by atoms with Crippen molar-refractivity contribution in [1.82, 2.24) is 9.97 Å². The highest BCUT2D eigenvalue weighted by molar-refractivity contribution is 6.31. The van der Waals surface area contributed by atoms with Crippen molar-refractivity contribution >= 4 is 40.0 Å². The molecule has 2 aromatic carbocycles. The third-order valence-corrected chi connectivity index (χ3v) is 4.89. The minimum atomic E-state index is -0.533. The van der Waals surface area contributed by atoms with Gasteiger partial charge in [0.1, 0.15) is 5.82 Å². The molecule has 3 aromatic rings. The first-order chi connectivity index (χ1) is 13.1. The standard InChI is InChI=1S/C20H18ClFN4O/c21-14-12-13(8-9-15(14)22)23-20(27)18-19(26-10-4-1-5-11-26)25-17-7-3-2-6-16(17)24-18/h2-3,6-9,12H,1,4-5,10-11H2,(H,23,27). The fraction of sp³-hybridized carbons (Fsp3) is 0.250. The van der Waals surface area contributed by atoms with Crippen LogP contribution in [0.4, 0.5) is 15.9 Å².